The number of rotatable bonds is 8. The maximum absolute atomic E-state index is 12.7. The number of aryl methyl sites for hydroxylation is 3. The van der Waals surface area contributed by atoms with Gasteiger partial charge in [0.1, 0.15) is 5.75 Å². The lowest BCUT2D eigenvalue weighted by Crippen LogP contribution is -2.22. The van der Waals surface area contributed by atoms with E-state index in [-0.39, 0.29) is 11.3 Å². The molecule has 0 amide bonds. The van der Waals surface area contributed by atoms with Gasteiger partial charge in [0.25, 0.3) is 5.78 Å². The first-order valence-electron chi connectivity index (χ1n) is 10.00. The number of hydrogen-bond acceptors (Lipinski definition) is 6. The third-order valence-electron chi connectivity index (χ3n) is 5.31. The normalized spacial score (nSPS) is 11.0. The molecule has 2 aromatic heterocycles. The molecule has 1 aromatic carbocycles. The molecule has 3 rings (SSSR count). The number of hydrogen-bond donors (Lipinski definition) is 0. The number of aromatic nitrogens is 3. The fourth-order valence-electron chi connectivity index (χ4n) is 3.70. The number of ether oxygens (including phenoxy) is 2. The van der Waals surface area contributed by atoms with Crippen LogP contribution in [0.15, 0.2) is 30.3 Å². The molecule has 10 heteroatoms. The molecule has 174 valence electrons. The Kier molecular flexibility index (Phi) is 6.75. The van der Waals surface area contributed by atoms with Crippen molar-refractivity contribution in [2.75, 3.05) is 6.61 Å². The molecule has 0 saturated carbocycles. The SMILES string of the molecule is Cc1nn(C)c(C)c1C(=O)C(=O)OCC(=O)c1cc(C)n(-c2ccc(OC(F)F)cc2)c1C. The Morgan fingerprint density at radius 2 is 1.67 bits per heavy atom. The second kappa shape index (κ2) is 9.35. The number of benzene rings is 1. The zero-order valence-electron chi connectivity index (χ0n) is 18.8. The van der Waals surface area contributed by atoms with Crippen LogP contribution in [0.3, 0.4) is 0 Å². The summed E-state index contributed by atoms with van der Waals surface area (Å²) in [6, 6.07) is 7.61. The van der Waals surface area contributed by atoms with E-state index in [0.717, 1.165) is 0 Å². The summed E-state index contributed by atoms with van der Waals surface area (Å²) in [4.78, 5) is 37.4. The van der Waals surface area contributed by atoms with Crippen molar-refractivity contribution in [2.45, 2.75) is 34.3 Å². The topological polar surface area (TPSA) is 92.4 Å². The minimum absolute atomic E-state index is 0.0168. The first-order valence-corrected chi connectivity index (χ1v) is 10.00. The molecule has 8 nitrogen and oxygen atoms in total. The van der Waals surface area contributed by atoms with Crippen LogP contribution in [0.1, 0.15) is 43.5 Å². The molecule has 33 heavy (non-hydrogen) atoms. The van der Waals surface area contributed by atoms with Gasteiger partial charge in [0, 0.05) is 35.4 Å². The van der Waals surface area contributed by atoms with Crippen LogP contribution in [0.2, 0.25) is 0 Å². The summed E-state index contributed by atoms with van der Waals surface area (Å²) in [6.45, 7) is 3.23. The lowest BCUT2D eigenvalue weighted by atomic mass is 10.1. The average molecular weight is 459 g/mol. The Hall–Kier alpha value is -3.82. The van der Waals surface area contributed by atoms with E-state index in [1.807, 2.05) is 0 Å². The number of ketones is 2. The third-order valence-corrected chi connectivity index (χ3v) is 5.31. The van der Waals surface area contributed by atoms with Crippen LogP contribution < -0.4 is 4.74 Å². The van der Waals surface area contributed by atoms with Gasteiger partial charge in [-0.15, -0.1) is 0 Å². The van der Waals surface area contributed by atoms with Crippen molar-refractivity contribution in [1.82, 2.24) is 14.3 Å². The van der Waals surface area contributed by atoms with E-state index in [1.165, 1.54) is 16.8 Å². The van der Waals surface area contributed by atoms with Gasteiger partial charge in [-0.1, -0.05) is 0 Å². The summed E-state index contributed by atoms with van der Waals surface area (Å²) in [5, 5.41) is 4.10. The molecule has 3 aromatic rings. The highest BCUT2D eigenvalue weighted by Gasteiger charge is 2.26. The second-order valence-corrected chi connectivity index (χ2v) is 7.49. The van der Waals surface area contributed by atoms with E-state index < -0.39 is 30.8 Å². The molecule has 0 saturated heterocycles. The summed E-state index contributed by atoms with van der Waals surface area (Å²) < 4.78 is 37.3. The number of halogens is 2. The smallest absolute Gasteiger partial charge is 0.387 e. The lowest BCUT2D eigenvalue weighted by Gasteiger charge is -2.11. The zero-order valence-corrected chi connectivity index (χ0v) is 18.8. The fraction of sp³-hybridized carbons (Fsp3) is 0.304. The molecule has 0 aliphatic rings. The van der Waals surface area contributed by atoms with Gasteiger partial charge < -0.3 is 14.0 Å². The Morgan fingerprint density at radius 3 is 2.21 bits per heavy atom. The van der Waals surface area contributed by atoms with Gasteiger partial charge in [0.15, 0.2) is 6.61 Å². The molecule has 0 aliphatic carbocycles. The largest absolute Gasteiger partial charge is 0.451 e. The van der Waals surface area contributed by atoms with Crippen molar-refractivity contribution >= 4 is 17.5 Å². The van der Waals surface area contributed by atoms with Crippen LogP contribution in [0, 0.1) is 27.7 Å². The van der Waals surface area contributed by atoms with E-state index in [2.05, 4.69) is 9.84 Å². The lowest BCUT2D eigenvalue weighted by molar-refractivity contribution is -0.137. The van der Waals surface area contributed by atoms with Gasteiger partial charge in [0.2, 0.25) is 5.78 Å². The summed E-state index contributed by atoms with van der Waals surface area (Å²) in [5.74, 6) is -2.45. The Morgan fingerprint density at radius 1 is 1.03 bits per heavy atom. The van der Waals surface area contributed by atoms with Crippen LogP contribution in [0.25, 0.3) is 5.69 Å². The van der Waals surface area contributed by atoms with E-state index in [1.54, 1.807) is 57.5 Å². The van der Waals surface area contributed by atoms with Crippen LogP contribution in [0.5, 0.6) is 5.75 Å². The molecule has 0 radical (unpaired) electrons. The van der Waals surface area contributed by atoms with E-state index in [4.69, 9.17) is 4.74 Å². The van der Waals surface area contributed by atoms with Crippen LogP contribution in [-0.2, 0) is 16.6 Å². The standard InChI is InChI=1S/C23H23F2N3O5/c1-12-10-18(14(3)28(12)16-6-8-17(9-7-16)33-23(24)25)19(29)11-32-22(31)21(30)20-13(2)26-27(5)15(20)4/h6-10,23H,11H2,1-5H3. The number of esters is 1. The minimum atomic E-state index is -2.92. The van der Waals surface area contributed by atoms with Gasteiger partial charge in [-0.3, -0.25) is 14.3 Å². The van der Waals surface area contributed by atoms with E-state index in [0.29, 0.717) is 34.0 Å². The molecular weight excluding hydrogens is 436 g/mol. The number of alkyl halides is 2. The number of carbonyl (C=O) groups excluding carboxylic acids is 3. The summed E-state index contributed by atoms with van der Waals surface area (Å²) >= 11 is 0. The molecule has 0 fully saturated rings. The average Bonchev–Trinajstić information content (AvgIpc) is 3.19. The molecule has 0 N–H and O–H groups in total. The fourth-order valence-corrected chi connectivity index (χ4v) is 3.70. The minimum Gasteiger partial charge on any atom is -0.451 e. The maximum atomic E-state index is 12.7. The Labute approximate surface area is 188 Å². The van der Waals surface area contributed by atoms with Crippen molar-refractivity contribution in [2.24, 2.45) is 7.05 Å². The van der Waals surface area contributed by atoms with Crippen LogP contribution >= 0.6 is 0 Å². The van der Waals surface area contributed by atoms with Gasteiger partial charge in [0.05, 0.1) is 11.3 Å². The van der Waals surface area contributed by atoms with Gasteiger partial charge >= 0.3 is 12.6 Å². The maximum Gasteiger partial charge on any atom is 0.387 e. The predicted octanol–water partition coefficient (Wildman–Crippen LogP) is 3.65. The highest BCUT2D eigenvalue weighted by molar-refractivity contribution is 6.41. The van der Waals surface area contributed by atoms with Gasteiger partial charge in [-0.2, -0.15) is 13.9 Å². The van der Waals surface area contributed by atoms with Gasteiger partial charge in [-0.25, -0.2) is 4.79 Å². The Bertz CT molecular complexity index is 1230. The number of Topliss-reactive ketones (excluding diaryl/α,β-unsaturated/α-hetero) is 2. The summed E-state index contributed by atoms with van der Waals surface area (Å²) in [6.07, 6.45) is 0. The molecule has 0 atom stereocenters. The first-order chi connectivity index (χ1) is 15.5. The molecule has 0 unspecified atom stereocenters. The van der Waals surface area contributed by atoms with Crippen molar-refractivity contribution in [1.29, 1.82) is 0 Å². The quantitative estimate of drug-likeness (QED) is 0.290. The predicted molar refractivity (Wildman–Crippen MR) is 114 cm³/mol. The monoisotopic (exact) mass is 459 g/mol. The van der Waals surface area contributed by atoms with Gasteiger partial charge in [-0.05, 0) is 58.0 Å². The summed E-state index contributed by atoms with van der Waals surface area (Å²) in [7, 11) is 1.66. The molecule has 0 bridgehead atoms. The number of carbonyl (C=O) groups is 3. The van der Waals surface area contributed by atoms with Crippen molar-refractivity contribution in [3.63, 3.8) is 0 Å². The second-order valence-electron chi connectivity index (χ2n) is 7.49. The van der Waals surface area contributed by atoms with Crippen LogP contribution in [-0.4, -0.2) is 45.1 Å². The molecule has 0 spiro atoms. The summed E-state index contributed by atoms with van der Waals surface area (Å²) in [5.41, 5.74) is 3.32. The highest BCUT2D eigenvalue weighted by Crippen LogP contribution is 2.24. The van der Waals surface area contributed by atoms with Crippen molar-refractivity contribution < 1.29 is 32.6 Å². The molecule has 2 heterocycles. The van der Waals surface area contributed by atoms with Crippen molar-refractivity contribution in [3.8, 4) is 11.4 Å². The molecular formula is C23H23F2N3O5. The molecule has 0 aliphatic heterocycles. The number of nitrogens with zero attached hydrogens (tertiary/aromatic N) is 3. The highest BCUT2D eigenvalue weighted by atomic mass is 19.3. The zero-order chi connectivity index (χ0) is 24.4. The van der Waals surface area contributed by atoms with E-state index >= 15 is 0 Å². The first kappa shape index (κ1) is 23.8. The van der Waals surface area contributed by atoms with Crippen molar-refractivity contribution in [3.05, 3.63) is 64.2 Å². The van der Waals surface area contributed by atoms with Crippen LogP contribution in [0.4, 0.5) is 8.78 Å². The van der Waals surface area contributed by atoms with E-state index in [9.17, 15) is 23.2 Å². The Balaban J connectivity index is 1.73. The third kappa shape index (κ3) is 4.84.